The normalized spacial score (nSPS) is 25.2. The molecular weight excluding hydrogens is 254 g/mol. The Labute approximate surface area is 123 Å². The van der Waals surface area contributed by atoms with Gasteiger partial charge in [-0.1, -0.05) is 27.2 Å². The summed E-state index contributed by atoms with van der Waals surface area (Å²) in [5.41, 5.74) is 0.111. The van der Waals surface area contributed by atoms with Gasteiger partial charge in [0.25, 0.3) is 0 Å². The topological polar surface area (TPSA) is 58.6 Å². The van der Waals surface area contributed by atoms with Gasteiger partial charge in [0.2, 0.25) is 0 Å². The maximum absolute atomic E-state index is 11.9. The summed E-state index contributed by atoms with van der Waals surface area (Å²) in [6.45, 7) is 9.07. The zero-order chi connectivity index (χ0) is 15.2. The molecule has 0 radical (unpaired) electrons. The van der Waals surface area contributed by atoms with E-state index in [2.05, 4.69) is 26.1 Å². The average Bonchev–Trinajstić information content (AvgIpc) is 2.38. The molecule has 0 aliphatic heterocycles. The van der Waals surface area contributed by atoms with Gasteiger partial charge in [0.1, 0.15) is 0 Å². The van der Waals surface area contributed by atoms with E-state index in [0.717, 1.165) is 32.1 Å². The van der Waals surface area contributed by atoms with Crippen LogP contribution in [-0.2, 0) is 9.53 Å². The van der Waals surface area contributed by atoms with E-state index >= 15 is 0 Å². The lowest BCUT2D eigenvalue weighted by atomic mass is 9.81. The maximum atomic E-state index is 11.9. The third-order valence-corrected chi connectivity index (χ3v) is 4.19. The van der Waals surface area contributed by atoms with Crippen LogP contribution in [0, 0.1) is 11.3 Å². The van der Waals surface area contributed by atoms with Crippen molar-refractivity contribution >= 4 is 5.97 Å². The van der Waals surface area contributed by atoms with Crippen molar-refractivity contribution in [3.63, 3.8) is 0 Å². The highest BCUT2D eigenvalue weighted by molar-refractivity contribution is 5.72. The molecular formula is C16H31NO3. The molecule has 0 heterocycles. The number of aliphatic hydroxyl groups excluding tert-OH is 1. The second kappa shape index (κ2) is 7.99. The van der Waals surface area contributed by atoms with Gasteiger partial charge in [0.05, 0.1) is 12.5 Å². The molecule has 0 aromatic rings. The lowest BCUT2D eigenvalue weighted by Gasteiger charge is -2.37. The number of esters is 1. The fourth-order valence-corrected chi connectivity index (χ4v) is 3.00. The maximum Gasteiger partial charge on any atom is 0.308 e. The van der Waals surface area contributed by atoms with Gasteiger partial charge in [0.15, 0.2) is 0 Å². The lowest BCUT2D eigenvalue weighted by Crippen LogP contribution is -2.48. The molecule has 4 nitrogen and oxygen atoms in total. The molecule has 1 fully saturated rings. The monoisotopic (exact) mass is 285 g/mol. The van der Waals surface area contributed by atoms with E-state index < -0.39 is 0 Å². The van der Waals surface area contributed by atoms with Crippen molar-refractivity contribution < 1.29 is 14.6 Å². The van der Waals surface area contributed by atoms with Crippen LogP contribution in [0.25, 0.3) is 0 Å². The van der Waals surface area contributed by atoms with Gasteiger partial charge in [-0.3, -0.25) is 4.79 Å². The molecule has 0 amide bonds. The molecule has 4 heteroatoms. The zero-order valence-corrected chi connectivity index (χ0v) is 13.4. The smallest absolute Gasteiger partial charge is 0.308 e. The fourth-order valence-electron chi connectivity index (χ4n) is 3.00. The first-order chi connectivity index (χ1) is 9.38. The van der Waals surface area contributed by atoms with Crippen molar-refractivity contribution in [1.82, 2.24) is 5.32 Å². The largest absolute Gasteiger partial charge is 0.466 e. The number of carbonyl (C=O) groups is 1. The summed E-state index contributed by atoms with van der Waals surface area (Å²) in [6.07, 6.45) is 4.73. The van der Waals surface area contributed by atoms with E-state index in [9.17, 15) is 9.90 Å². The predicted molar refractivity (Wildman–Crippen MR) is 80.5 cm³/mol. The minimum Gasteiger partial charge on any atom is -0.466 e. The first kappa shape index (κ1) is 17.4. The summed E-state index contributed by atoms with van der Waals surface area (Å²) in [7, 11) is 0. The number of nitrogens with one attached hydrogen (secondary N) is 1. The van der Waals surface area contributed by atoms with E-state index in [4.69, 9.17) is 4.74 Å². The molecule has 118 valence electrons. The first-order valence-electron chi connectivity index (χ1n) is 7.92. The van der Waals surface area contributed by atoms with E-state index in [-0.39, 0.29) is 30.0 Å². The fraction of sp³-hybridized carbons (Fsp3) is 0.938. The summed E-state index contributed by atoms with van der Waals surface area (Å²) >= 11 is 0. The standard InChI is InChI=1S/C16H31NO3/c1-5-20-15(19)12-7-6-8-13(11-12)17-14(9-10-18)16(2,3)4/h12-14,17-18H,5-11H2,1-4H3. The highest BCUT2D eigenvalue weighted by Crippen LogP contribution is 2.29. The molecule has 1 rings (SSSR count). The molecule has 0 saturated heterocycles. The van der Waals surface area contributed by atoms with Crippen LogP contribution >= 0.6 is 0 Å². The van der Waals surface area contributed by atoms with Gasteiger partial charge in [-0.25, -0.2) is 0 Å². The molecule has 0 bridgehead atoms. The Bertz CT molecular complexity index is 299. The van der Waals surface area contributed by atoms with Gasteiger partial charge >= 0.3 is 5.97 Å². The van der Waals surface area contributed by atoms with Gasteiger partial charge in [-0.05, 0) is 38.0 Å². The summed E-state index contributed by atoms with van der Waals surface area (Å²) in [4.78, 5) is 11.9. The second-order valence-electron chi connectivity index (χ2n) is 6.91. The van der Waals surface area contributed by atoms with Gasteiger partial charge in [0, 0.05) is 18.7 Å². The molecule has 1 aliphatic carbocycles. The predicted octanol–water partition coefficient (Wildman–Crippen LogP) is 2.50. The average molecular weight is 285 g/mol. The minimum absolute atomic E-state index is 0.0379. The van der Waals surface area contributed by atoms with Crippen LogP contribution in [0.1, 0.15) is 59.8 Å². The van der Waals surface area contributed by atoms with Gasteiger partial charge in [-0.15, -0.1) is 0 Å². The van der Waals surface area contributed by atoms with Crippen LogP contribution in [0.15, 0.2) is 0 Å². The summed E-state index contributed by atoms with van der Waals surface area (Å²) in [5.74, 6) is -0.00980. The van der Waals surface area contributed by atoms with E-state index in [1.807, 2.05) is 6.92 Å². The van der Waals surface area contributed by atoms with Crippen LogP contribution < -0.4 is 5.32 Å². The zero-order valence-electron chi connectivity index (χ0n) is 13.4. The number of ether oxygens (including phenoxy) is 1. The van der Waals surface area contributed by atoms with Crippen molar-refractivity contribution in [3.8, 4) is 0 Å². The third kappa shape index (κ3) is 5.41. The first-order valence-corrected chi connectivity index (χ1v) is 7.92. The van der Waals surface area contributed by atoms with Crippen LogP contribution in [-0.4, -0.2) is 36.4 Å². The Morgan fingerprint density at radius 3 is 2.65 bits per heavy atom. The molecule has 1 aliphatic rings. The van der Waals surface area contributed by atoms with Crippen molar-refractivity contribution in [2.24, 2.45) is 11.3 Å². The van der Waals surface area contributed by atoms with Crippen LogP contribution in [0.5, 0.6) is 0 Å². The molecule has 2 N–H and O–H groups in total. The van der Waals surface area contributed by atoms with E-state index in [1.54, 1.807) is 0 Å². The molecule has 0 aromatic carbocycles. The minimum atomic E-state index is -0.0477. The van der Waals surface area contributed by atoms with Crippen LogP contribution in [0.2, 0.25) is 0 Å². The Balaban J connectivity index is 2.55. The van der Waals surface area contributed by atoms with Crippen LogP contribution in [0.3, 0.4) is 0 Å². The Morgan fingerprint density at radius 2 is 2.10 bits per heavy atom. The van der Waals surface area contributed by atoms with Crippen molar-refractivity contribution in [2.75, 3.05) is 13.2 Å². The van der Waals surface area contributed by atoms with Crippen molar-refractivity contribution in [3.05, 3.63) is 0 Å². The van der Waals surface area contributed by atoms with Crippen molar-refractivity contribution in [1.29, 1.82) is 0 Å². The van der Waals surface area contributed by atoms with Gasteiger partial charge < -0.3 is 15.2 Å². The molecule has 3 atom stereocenters. The summed E-state index contributed by atoms with van der Waals surface area (Å²) in [6, 6.07) is 0.632. The molecule has 3 unspecified atom stereocenters. The molecule has 20 heavy (non-hydrogen) atoms. The van der Waals surface area contributed by atoms with E-state index in [0.29, 0.717) is 12.6 Å². The number of carbonyl (C=O) groups excluding carboxylic acids is 1. The van der Waals surface area contributed by atoms with Crippen LogP contribution in [0.4, 0.5) is 0 Å². The Kier molecular flexibility index (Phi) is 6.96. The van der Waals surface area contributed by atoms with Gasteiger partial charge in [-0.2, -0.15) is 0 Å². The second-order valence-corrected chi connectivity index (χ2v) is 6.91. The lowest BCUT2D eigenvalue weighted by molar-refractivity contribution is -0.149. The number of hydrogen-bond acceptors (Lipinski definition) is 4. The van der Waals surface area contributed by atoms with Crippen molar-refractivity contribution in [2.45, 2.75) is 71.9 Å². The Morgan fingerprint density at radius 1 is 1.40 bits per heavy atom. The quantitative estimate of drug-likeness (QED) is 0.736. The number of aliphatic hydroxyl groups is 1. The third-order valence-electron chi connectivity index (χ3n) is 4.19. The molecule has 0 aromatic heterocycles. The number of hydrogen-bond donors (Lipinski definition) is 2. The number of rotatable bonds is 6. The summed E-state index contributed by atoms with van der Waals surface area (Å²) in [5, 5.41) is 12.9. The van der Waals surface area contributed by atoms with E-state index in [1.165, 1.54) is 0 Å². The highest BCUT2D eigenvalue weighted by Gasteiger charge is 2.32. The molecule has 1 saturated carbocycles. The SMILES string of the molecule is CCOC(=O)C1CCCC(NC(CCO)C(C)(C)C)C1. The highest BCUT2D eigenvalue weighted by atomic mass is 16.5. The summed E-state index contributed by atoms with van der Waals surface area (Å²) < 4.78 is 5.14. The molecule has 0 spiro atoms. The Hall–Kier alpha value is -0.610.